The van der Waals surface area contributed by atoms with Crippen molar-refractivity contribution in [1.82, 2.24) is 9.88 Å². The molecule has 3 atom stereocenters. The van der Waals surface area contributed by atoms with E-state index in [1.807, 2.05) is 42.5 Å². The zero-order valence-corrected chi connectivity index (χ0v) is 32.4. The molecule has 1 aromatic heterocycles. The minimum Gasteiger partial charge on any atom is -0.340 e. The predicted molar refractivity (Wildman–Crippen MR) is 239 cm³/mol. The Balaban J connectivity index is 1.20. The van der Waals surface area contributed by atoms with Crippen molar-refractivity contribution in [2.45, 2.75) is 11.5 Å². The molecule has 0 fully saturated rings. The number of amidine groups is 1. The molecule has 9 aromatic rings. The van der Waals surface area contributed by atoms with Crippen molar-refractivity contribution in [3.05, 3.63) is 245 Å². The molecule has 1 N–H and O–H groups in total. The van der Waals surface area contributed by atoms with Crippen molar-refractivity contribution >= 4 is 56.4 Å². The molecule has 0 saturated carbocycles. The van der Waals surface area contributed by atoms with E-state index in [9.17, 15) is 0 Å². The Morgan fingerprint density at radius 2 is 1.17 bits per heavy atom. The van der Waals surface area contributed by atoms with Gasteiger partial charge in [0, 0.05) is 37.9 Å². The Morgan fingerprint density at radius 1 is 0.534 bits per heavy atom. The van der Waals surface area contributed by atoms with E-state index in [1.165, 1.54) is 27.4 Å². The fourth-order valence-corrected chi connectivity index (χ4v) is 13.2. The summed E-state index contributed by atoms with van der Waals surface area (Å²) in [5.41, 5.74) is 11.2. The van der Waals surface area contributed by atoms with Crippen LogP contribution >= 0.6 is 7.14 Å². The topological polar surface area (TPSA) is 46.4 Å². The van der Waals surface area contributed by atoms with Crippen LogP contribution in [0.25, 0.3) is 33.2 Å². The lowest BCUT2D eigenvalue weighted by molar-refractivity contribution is 0.590. The van der Waals surface area contributed by atoms with Crippen LogP contribution in [0.1, 0.15) is 45.0 Å². The van der Waals surface area contributed by atoms with E-state index >= 15 is 4.57 Å². The van der Waals surface area contributed by atoms with Gasteiger partial charge in [0.1, 0.15) is 5.84 Å². The molecule has 3 aliphatic rings. The second-order valence-corrected chi connectivity index (χ2v) is 18.1. The summed E-state index contributed by atoms with van der Waals surface area (Å²) in [7, 11) is -3.40. The van der Waals surface area contributed by atoms with Gasteiger partial charge >= 0.3 is 0 Å². The van der Waals surface area contributed by atoms with Crippen LogP contribution in [0.5, 0.6) is 0 Å². The standard InChI is InChI=1S/C53H36N3OP/c57-58(38-21-8-3-9-22-38)49-30-15-12-26-42(49)53(41-25-11-14-29-48(41)56-47-28-13-10-23-39(47)40-24-16-27-43(53)51(40)56)44-33-37(31-32-50(44)58)52-54-45(35-17-4-1-5-18-35)34-46(55-52)36-19-6-2-7-20-36/h1-34,45H,(H,54,55). The minimum atomic E-state index is -3.40. The SMILES string of the molecule is O=P1(c2ccccc2)c2ccccc2C2(c3ccccc3-n3c4ccccc4c4cccc2c43)c2cc(C3=NC(c4ccccc4)C=C(c4ccccc4)N3)ccc21. The normalized spacial score (nSPS) is 20.1. The largest absolute Gasteiger partial charge is 0.340 e. The van der Waals surface area contributed by atoms with E-state index in [0.717, 1.165) is 66.5 Å². The van der Waals surface area contributed by atoms with Crippen LogP contribution in [0.15, 0.2) is 211 Å². The van der Waals surface area contributed by atoms with Gasteiger partial charge in [0.15, 0.2) is 7.14 Å². The average molecular weight is 762 g/mol. The Labute approximate surface area is 336 Å². The second-order valence-electron chi connectivity index (χ2n) is 15.4. The predicted octanol–water partition coefficient (Wildman–Crippen LogP) is 10.6. The highest BCUT2D eigenvalue weighted by Gasteiger charge is 2.54. The van der Waals surface area contributed by atoms with E-state index in [-0.39, 0.29) is 6.04 Å². The van der Waals surface area contributed by atoms with Crippen molar-refractivity contribution in [3.8, 4) is 5.69 Å². The van der Waals surface area contributed by atoms with Crippen LogP contribution in [0.4, 0.5) is 0 Å². The number of nitrogens with zero attached hydrogens (tertiary/aromatic N) is 2. The fraction of sp³-hybridized carbons (Fsp3) is 0.0377. The molecule has 0 amide bonds. The smallest absolute Gasteiger partial charge is 0.171 e. The molecule has 8 aromatic carbocycles. The summed E-state index contributed by atoms with van der Waals surface area (Å²) >= 11 is 0. The lowest BCUT2D eigenvalue weighted by Crippen LogP contribution is -2.48. The molecule has 3 aliphatic heterocycles. The van der Waals surface area contributed by atoms with Crippen molar-refractivity contribution in [3.63, 3.8) is 0 Å². The van der Waals surface area contributed by atoms with Gasteiger partial charge < -0.3 is 14.4 Å². The van der Waals surface area contributed by atoms with E-state index in [4.69, 9.17) is 4.99 Å². The Bertz CT molecular complexity index is 3240. The molecular formula is C53H36N3OP. The van der Waals surface area contributed by atoms with Gasteiger partial charge in [-0.15, -0.1) is 0 Å². The third kappa shape index (κ3) is 4.47. The molecule has 0 bridgehead atoms. The molecule has 58 heavy (non-hydrogen) atoms. The number of rotatable bonds is 4. The molecule has 1 spiro atoms. The average Bonchev–Trinajstić information content (AvgIpc) is 3.65. The summed E-state index contributed by atoms with van der Waals surface area (Å²) in [5, 5.41) is 8.75. The van der Waals surface area contributed by atoms with Gasteiger partial charge in [0.25, 0.3) is 0 Å². The first-order valence-corrected chi connectivity index (χ1v) is 21.6. The zero-order chi connectivity index (χ0) is 38.4. The van der Waals surface area contributed by atoms with E-state index in [1.54, 1.807) is 0 Å². The van der Waals surface area contributed by atoms with Crippen LogP contribution < -0.4 is 21.2 Å². The van der Waals surface area contributed by atoms with Gasteiger partial charge in [-0.2, -0.15) is 0 Å². The Morgan fingerprint density at radius 3 is 2.00 bits per heavy atom. The lowest BCUT2D eigenvalue weighted by atomic mass is 9.62. The number of fused-ring (bicyclic) bond motifs is 11. The first kappa shape index (κ1) is 33.2. The van der Waals surface area contributed by atoms with Gasteiger partial charge in [-0.25, -0.2) is 0 Å². The van der Waals surface area contributed by atoms with E-state index in [2.05, 4.69) is 174 Å². The molecule has 4 heterocycles. The van der Waals surface area contributed by atoms with Crippen LogP contribution in [0.3, 0.4) is 0 Å². The zero-order valence-electron chi connectivity index (χ0n) is 31.5. The number of hydrogen-bond acceptors (Lipinski definition) is 3. The molecule has 5 heteroatoms. The van der Waals surface area contributed by atoms with E-state index in [0.29, 0.717) is 0 Å². The summed E-state index contributed by atoms with van der Waals surface area (Å²) < 4.78 is 19.0. The number of nitrogens with one attached hydrogen (secondary N) is 1. The highest BCUT2D eigenvalue weighted by atomic mass is 31.2. The number of aliphatic imine (C=N–C) groups is 1. The Hall–Kier alpha value is -7.00. The second kappa shape index (κ2) is 12.5. The summed E-state index contributed by atoms with van der Waals surface area (Å²) in [5.74, 6) is 0.776. The number of para-hydroxylation sites is 3. The van der Waals surface area contributed by atoms with Gasteiger partial charge in [-0.05, 0) is 63.7 Å². The molecule has 12 rings (SSSR count). The maximum absolute atomic E-state index is 16.5. The molecule has 0 aliphatic carbocycles. The third-order valence-corrected chi connectivity index (χ3v) is 15.7. The maximum Gasteiger partial charge on any atom is 0.171 e. The van der Waals surface area contributed by atoms with Gasteiger partial charge in [0.2, 0.25) is 0 Å². The number of benzene rings is 8. The maximum atomic E-state index is 16.5. The molecule has 3 unspecified atom stereocenters. The fourth-order valence-electron chi connectivity index (χ4n) is 10.1. The van der Waals surface area contributed by atoms with Crippen LogP contribution in [0.2, 0.25) is 0 Å². The highest BCUT2D eigenvalue weighted by Crippen LogP contribution is 2.60. The van der Waals surface area contributed by atoms with Crippen molar-refractivity contribution in [1.29, 1.82) is 0 Å². The minimum absolute atomic E-state index is 0.200. The molecule has 0 radical (unpaired) electrons. The van der Waals surface area contributed by atoms with Crippen LogP contribution in [-0.4, -0.2) is 10.4 Å². The molecular weight excluding hydrogens is 726 g/mol. The molecule has 0 saturated heterocycles. The summed E-state index contributed by atoms with van der Waals surface area (Å²) in [6, 6.07) is 70.2. The quantitative estimate of drug-likeness (QED) is 0.182. The number of hydrogen-bond donors (Lipinski definition) is 1. The van der Waals surface area contributed by atoms with Gasteiger partial charge in [0.05, 0.1) is 28.2 Å². The van der Waals surface area contributed by atoms with Gasteiger partial charge in [-0.3, -0.25) is 4.99 Å². The van der Waals surface area contributed by atoms with Crippen molar-refractivity contribution < 1.29 is 4.57 Å². The Kier molecular flexibility index (Phi) is 7.15. The van der Waals surface area contributed by atoms with Crippen molar-refractivity contribution in [2.24, 2.45) is 4.99 Å². The summed E-state index contributed by atoms with van der Waals surface area (Å²) in [6.07, 6.45) is 2.21. The first-order valence-electron chi connectivity index (χ1n) is 19.9. The number of aromatic nitrogens is 1. The van der Waals surface area contributed by atoms with Crippen molar-refractivity contribution in [2.75, 3.05) is 0 Å². The summed E-state index contributed by atoms with van der Waals surface area (Å²) in [6.45, 7) is 0. The molecule has 274 valence electrons. The highest BCUT2D eigenvalue weighted by molar-refractivity contribution is 7.85. The van der Waals surface area contributed by atoms with Crippen LogP contribution in [-0.2, 0) is 9.98 Å². The van der Waals surface area contributed by atoms with Gasteiger partial charge in [-0.1, -0.05) is 176 Å². The monoisotopic (exact) mass is 761 g/mol. The lowest BCUT2D eigenvalue weighted by Gasteiger charge is -2.47. The first-order chi connectivity index (χ1) is 28.7. The van der Waals surface area contributed by atoms with E-state index < -0.39 is 12.6 Å². The third-order valence-electron chi connectivity index (χ3n) is 12.5. The molecule has 4 nitrogen and oxygen atoms in total. The van der Waals surface area contributed by atoms with Crippen LogP contribution in [0, 0.1) is 0 Å². The summed E-state index contributed by atoms with van der Waals surface area (Å²) in [4.78, 5) is 5.42.